The van der Waals surface area contributed by atoms with Gasteiger partial charge in [0, 0.05) is 18.4 Å². The van der Waals surface area contributed by atoms with Crippen molar-refractivity contribution in [3.8, 4) is 0 Å². The van der Waals surface area contributed by atoms with Crippen LogP contribution in [0, 0.1) is 6.92 Å². The fourth-order valence-corrected chi connectivity index (χ4v) is 3.78. The molecule has 1 aliphatic heterocycles. The molecule has 19 heavy (non-hydrogen) atoms. The Labute approximate surface area is 112 Å². The maximum absolute atomic E-state index is 12.4. The molecule has 0 aromatic carbocycles. The predicted molar refractivity (Wildman–Crippen MR) is 68.1 cm³/mol. The molecular formula is C12H16N2O4S. The fraction of sp³-hybridized carbons (Fsp3) is 0.500. The van der Waals surface area contributed by atoms with Crippen LogP contribution in [0.3, 0.4) is 0 Å². The van der Waals surface area contributed by atoms with E-state index in [1.165, 1.54) is 12.3 Å². The molecule has 0 amide bonds. The number of carboxylic acids is 1. The summed E-state index contributed by atoms with van der Waals surface area (Å²) in [4.78, 5) is 15.2. The van der Waals surface area contributed by atoms with E-state index in [0.717, 1.165) is 10.7 Å². The molecule has 1 unspecified atom stereocenters. The zero-order valence-electron chi connectivity index (χ0n) is 10.6. The smallest absolute Gasteiger partial charge is 0.322 e. The number of carboxylic acid groups (broad SMARTS) is 1. The first-order chi connectivity index (χ1) is 8.93. The third-order valence-corrected chi connectivity index (χ3v) is 5.12. The molecule has 104 valence electrons. The van der Waals surface area contributed by atoms with Gasteiger partial charge in [-0.1, -0.05) is 0 Å². The highest BCUT2D eigenvalue weighted by molar-refractivity contribution is 7.89. The summed E-state index contributed by atoms with van der Waals surface area (Å²) in [7, 11) is -3.78. The Balaban J connectivity index is 2.37. The van der Waals surface area contributed by atoms with Gasteiger partial charge in [-0.25, -0.2) is 8.42 Å². The average molecular weight is 284 g/mol. The number of aryl methyl sites for hydroxylation is 1. The van der Waals surface area contributed by atoms with Crippen LogP contribution in [0.4, 0.5) is 0 Å². The molecule has 1 fully saturated rings. The molecule has 7 heteroatoms. The Morgan fingerprint density at radius 1 is 1.42 bits per heavy atom. The van der Waals surface area contributed by atoms with Gasteiger partial charge in [-0.2, -0.15) is 4.31 Å². The summed E-state index contributed by atoms with van der Waals surface area (Å²) < 4.78 is 25.9. The molecule has 0 spiro atoms. The van der Waals surface area contributed by atoms with Gasteiger partial charge in [-0.05, 0) is 38.3 Å². The number of hydrogen-bond acceptors (Lipinski definition) is 4. The van der Waals surface area contributed by atoms with E-state index in [0.29, 0.717) is 18.5 Å². The average Bonchev–Trinajstić information content (AvgIpc) is 2.39. The number of carbonyl (C=O) groups is 1. The van der Waals surface area contributed by atoms with Crippen LogP contribution in [0.15, 0.2) is 23.2 Å². The largest absolute Gasteiger partial charge is 0.480 e. The van der Waals surface area contributed by atoms with Gasteiger partial charge in [-0.3, -0.25) is 9.78 Å². The van der Waals surface area contributed by atoms with Crippen molar-refractivity contribution in [3.05, 3.63) is 24.0 Å². The standard InChI is InChI=1S/C12H16N2O4S/c1-9-5-6-10(8-13-9)19(17,18)14-7-3-2-4-11(14)12(15)16/h5-6,8,11H,2-4,7H2,1H3,(H,15,16). The summed E-state index contributed by atoms with van der Waals surface area (Å²) in [5, 5.41) is 9.14. The number of piperidine rings is 1. The molecule has 0 radical (unpaired) electrons. The van der Waals surface area contributed by atoms with Gasteiger partial charge >= 0.3 is 5.97 Å². The van der Waals surface area contributed by atoms with Crippen LogP contribution in [0.1, 0.15) is 25.0 Å². The Morgan fingerprint density at radius 2 is 2.16 bits per heavy atom. The lowest BCUT2D eigenvalue weighted by atomic mass is 10.1. The van der Waals surface area contributed by atoms with Gasteiger partial charge in [0.2, 0.25) is 10.0 Å². The number of pyridine rings is 1. The minimum absolute atomic E-state index is 0.0475. The first-order valence-corrected chi connectivity index (χ1v) is 7.54. The summed E-state index contributed by atoms with van der Waals surface area (Å²) >= 11 is 0. The molecule has 0 bridgehead atoms. The normalized spacial score (nSPS) is 21.2. The topological polar surface area (TPSA) is 87.6 Å². The number of rotatable bonds is 3. The van der Waals surface area contributed by atoms with E-state index in [4.69, 9.17) is 5.11 Å². The molecule has 1 aliphatic rings. The van der Waals surface area contributed by atoms with Gasteiger partial charge in [0.15, 0.2) is 0 Å². The van der Waals surface area contributed by atoms with Gasteiger partial charge in [0.05, 0.1) is 0 Å². The van der Waals surface area contributed by atoms with E-state index < -0.39 is 22.0 Å². The Morgan fingerprint density at radius 3 is 2.74 bits per heavy atom. The van der Waals surface area contributed by atoms with Crippen LogP contribution in [0.5, 0.6) is 0 Å². The second-order valence-electron chi connectivity index (χ2n) is 4.60. The van der Waals surface area contributed by atoms with Crippen molar-refractivity contribution in [2.75, 3.05) is 6.54 Å². The molecule has 2 heterocycles. The summed E-state index contributed by atoms with van der Waals surface area (Å²) in [6, 6.07) is 2.10. The Hall–Kier alpha value is -1.47. The quantitative estimate of drug-likeness (QED) is 0.895. The van der Waals surface area contributed by atoms with Crippen molar-refractivity contribution in [3.63, 3.8) is 0 Å². The van der Waals surface area contributed by atoms with Crippen molar-refractivity contribution < 1.29 is 18.3 Å². The highest BCUT2D eigenvalue weighted by atomic mass is 32.2. The zero-order valence-corrected chi connectivity index (χ0v) is 11.4. The van der Waals surface area contributed by atoms with Crippen LogP contribution in [0.25, 0.3) is 0 Å². The van der Waals surface area contributed by atoms with E-state index >= 15 is 0 Å². The maximum Gasteiger partial charge on any atom is 0.322 e. The Kier molecular flexibility index (Phi) is 3.86. The zero-order chi connectivity index (χ0) is 14.0. The van der Waals surface area contributed by atoms with Gasteiger partial charge in [-0.15, -0.1) is 0 Å². The predicted octanol–water partition coefficient (Wildman–Crippen LogP) is 1.02. The van der Waals surface area contributed by atoms with Crippen LogP contribution >= 0.6 is 0 Å². The van der Waals surface area contributed by atoms with Crippen molar-refractivity contribution in [2.45, 2.75) is 37.1 Å². The van der Waals surface area contributed by atoms with Crippen molar-refractivity contribution in [1.29, 1.82) is 0 Å². The number of sulfonamides is 1. The third kappa shape index (κ3) is 2.76. The maximum atomic E-state index is 12.4. The molecule has 1 atom stereocenters. The first kappa shape index (κ1) is 14.0. The van der Waals surface area contributed by atoms with Gasteiger partial charge in [0.25, 0.3) is 0 Å². The second-order valence-corrected chi connectivity index (χ2v) is 6.49. The van der Waals surface area contributed by atoms with Crippen LogP contribution < -0.4 is 0 Å². The number of aromatic nitrogens is 1. The minimum atomic E-state index is -3.78. The van der Waals surface area contributed by atoms with Crippen LogP contribution in [-0.4, -0.2) is 41.4 Å². The van der Waals surface area contributed by atoms with E-state index in [9.17, 15) is 13.2 Å². The first-order valence-electron chi connectivity index (χ1n) is 6.10. The molecule has 6 nitrogen and oxygen atoms in total. The number of hydrogen-bond donors (Lipinski definition) is 1. The highest BCUT2D eigenvalue weighted by Gasteiger charge is 2.37. The number of nitrogens with zero attached hydrogens (tertiary/aromatic N) is 2. The molecule has 0 saturated carbocycles. The van der Waals surface area contributed by atoms with Crippen LogP contribution in [0.2, 0.25) is 0 Å². The van der Waals surface area contributed by atoms with E-state index in [2.05, 4.69) is 4.98 Å². The van der Waals surface area contributed by atoms with E-state index in [-0.39, 0.29) is 11.4 Å². The molecule has 1 aromatic rings. The Bertz CT molecular complexity index is 568. The molecular weight excluding hydrogens is 268 g/mol. The van der Waals surface area contributed by atoms with Gasteiger partial charge in [0.1, 0.15) is 10.9 Å². The van der Waals surface area contributed by atoms with Gasteiger partial charge < -0.3 is 5.11 Å². The molecule has 2 rings (SSSR count). The molecule has 1 N–H and O–H groups in total. The number of aliphatic carboxylic acids is 1. The lowest BCUT2D eigenvalue weighted by Crippen LogP contribution is -2.47. The third-order valence-electron chi connectivity index (χ3n) is 3.23. The molecule has 1 saturated heterocycles. The lowest BCUT2D eigenvalue weighted by molar-refractivity contribution is -0.142. The summed E-state index contributed by atoms with van der Waals surface area (Å²) in [5.41, 5.74) is 0.715. The summed E-state index contributed by atoms with van der Waals surface area (Å²) in [5.74, 6) is -1.09. The van der Waals surface area contributed by atoms with Crippen molar-refractivity contribution >= 4 is 16.0 Å². The highest BCUT2D eigenvalue weighted by Crippen LogP contribution is 2.25. The monoisotopic (exact) mass is 284 g/mol. The second kappa shape index (κ2) is 5.26. The lowest BCUT2D eigenvalue weighted by Gasteiger charge is -2.31. The SMILES string of the molecule is Cc1ccc(S(=O)(=O)N2CCCCC2C(=O)O)cn1. The van der Waals surface area contributed by atoms with Crippen molar-refractivity contribution in [2.24, 2.45) is 0 Å². The molecule has 1 aromatic heterocycles. The molecule has 0 aliphatic carbocycles. The van der Waals surface area contributed by atoms with E-state index in [1.807, 2.05) is 0 Å². The van der Waals surface area contributed by atoms with E-state index in [1.54, 1.807) is 13.0 Å². The summed E-state index contributed by atoms with van der Waals surface area (Å²) in [6.45, 7) is 2.00. The summed E-state index contributed by atoms with van der Waals surface area (Å²) in [6.07, 6.45) is 3.05. The van der Waals surface area contributed by atoms with Crippen molar-refractivity contribution in [1.82, 2.24) is 9.29 Å². The fourth-order valence-electron chi connectivity index (χ4n) is 2.18. The minimum Gasteiger partial charge on any atom is -0.480 e. The van der Waals surface area contributed by atoms with Crippen LogP contribution in [-0.2, 0) is 14.8 Å².